The van der Waals surface area contributed by atoms with E-state index in [0.29, 0.717) is 12.6 Å². The molecule has 1 atom stereocenters. The first-order valence-electron chi connectivity index (χ1n) is 4.66. The van der Waals surface area contributed by atoms with Crippen molar-refractivity contribution >= 4 is 39.8 Å². The number of nitrogens with two attached hydrogens (primary N) is 1. The van der Waals surface area contributed by atoms with Gasteiger partial charge in [0.25, 0.3) is 0 Å². The minimum absolute atomic E-state index is 0. The summed E-state index contributed by atoms with van der Waals surface area (Å²) in [6, 6.07) is 4.35. The Bertz CT molecular complexity index is 270. The van der Waals surface area contributed by atoms with Gasteiger partial charge in [-0.1, -0.05) is 0 Å². The SMILES string of the molecule is Br.Br.NCC1CCCN1c1cccnn1. The molecule has 4 nitrogen and oxygen atoms in total. The first-order valence-corrected chi connectivity index (χ1v) is 4.66. The zero-order valence-corrected chi connectivity index (χ0v) is 11.8. The Hall–Kier alpha value is -0.200. The molecule has 1 saturated heterocycles. The summed E-state index contributed by atoms with van der Waals surface area (Å²) in [6.45, 7) is 1.76. The molecule has 2 rings (SSSR count). The van der Waals surface area contributed by atoms with E-state index in [2.05, 4.69) is 15.1 Å². The van der Waals surface area contributed by atoms with Gasteiger partial charge in [0.1, 0.15) is 0 Å². The van der Waals surface area contributed by atoms with E-state index in [1.54, 1.807) is 6.20 Å². The van der Waals surface area contributed by atoms with Crippen LogP contribution in [-0.4, -0.2) is 29.3 Å². The molecule has 0 saturated carbocycles. The van der Waals surface area contributed by atoms with Crippen LogP contribution < -0.4 is 10.6 Å². The molecule has 1 aliphatic heterocycles. The zero-order valence-electron chi connectivity index (χ0n) is 8.37. The first kappa shape index (κ1) is 14.8. The lowest BCUT2D eigenvalue weighted by molar-refractivity contribution is 0.667. The van der Waals surface area contributed by atoms with Crippen molar-refractivity contribution in [1.82, 2.24) is 10.2 Å². The molecule has 2 heterocycles. The van der Waals surface area contributed by atoms with Gasteiger partial charge in [-0.3, -0.25) is 0 Å². The minimum atomic E-state index is 0. The molecular formula is C9H16Br2N4. The Labute approximate surface area is 111 Å². The van der Waals surface area contributed by atoms with Gasteiger partial charge in [0.05, 0.1) is 0 Å². The number of halogens is 2. The third-order valence-electron chi connectivity index (χ3n) is 2.50. The maximum absolute atomic E-state index is 5.67. The number of aromatic nitrogens is 2. The fourth-order valence-electron chi connectivity index (χ4n) is 1.83. The molecule has 1 fully saturated rings. The molecule has 1 aromatic heterocycles. The highest BCUT2D eigenvalue weighted by Gasteiger charge is 2.23. The summed E-state index contributed by atoms with van der Waals surface area (Å²) < 4.78 is 0. The minimum Gasteiger partial charge on any atom is -0.351 e. The molecule has 86 valence electrons. The van der Waals surface area contributed by atoms with Crippen LogP contribution in [0.15, 0.2) is 18.3 Å². The quantitative estimate of drug-likeness (QED) is 0.888. The molecule has 0 amide bonds. The standard InChI is InChI=1S/C9H14N4.2BrH/c10-7-8-3-2-6-13(8)9-4-1-5-11-12-9;;/h1,4-5,8H,2-3,6-7,10H2;2*1H. The maximum Gasteiger partial charge on any atom is 0.151 e. The molecule has 6 heteroatoms. The monoisotopic (exact) mass is 338 g/mol. The molecule has 1 aliphatic rings. The Kier molecular flexibility index (Phi) is 7.04. The Balaban J connectivity index is 0.000000980. The van der Waals surface area contributed by atoms with Crippen molar-refractivity contribution in [2.24, 2.45) is 5.73 Å². The summed E-state index contributed by atoms with van der Waals surface area (Å²) in [5, 5.41) is 7.94. The van der Waals surface area contributed by atoms with Crippen molar-refractivity contribution in [3.8, 4) is 0 Å². The summed E-state index contributed by atoms with van der Waals surface area (Å²) in [5.74, 6) is 0.954. The smallest absolute Gasteiger partial charge is 0.151 e. The van der Waals surface area contributed by atoms with Gasteiger partial charge in [-0.05, 0) is 25.0 Å². The third kappa shape index (κ3) is 3.39. The van der Waals surface area contributed by atoms with Gasteiger partial charge in [0.15, 0.2) is 5.82 Å². The Morgan fingerprint density at radius 2 is 2.27 bits per heavy atom. The van der Waals surface area contributed by atoms with Crippen molar-refractivity contribution < 1.29 is 0 Å². The number of rotatable bonds is 2. The van der Waals surface area contributed by atoms with Gasteiger partial charge in [-0.25, -0.2) is 0 Å². The molecule has 0 aliphatic carbocycles. The van der Waals surface area contributed by atoms with Gasteiger partial charge in [-0.15, -0.1) is 39.1 Å². The van der Waals surface area contributed by atoms with Crippen molar-refractivity contribution in [3.05, 3.63) is 18.3 Å². The second kappa shape index (κ2) is 7.14. The van der Waals surface area contributed by atoms with E-state index in [4.69, 9.17) is 5.73 Å². The van der Waals surface area contributed by atoms with Crippen molar-refractivity contribution in [2.75, 3.05) is 18.0 Å². The molecule has 1 aromatic rings. The summed E-state index contributed by atoms with van der Waals surface area (Å²) >= 11 is 0. The average Bonchev–Trinajstić information content (AvgIpc) is 2.67. The largest absolute Gasteiger partial charge is 0.351 e. The van der Waals surface area contributed by atoms with E-state index in [0.717, 1.165) is 12.4 Å². The maximum atomic E-state index is 5.67. The van der Waals surface area contributed by atoms with Gasteiger partial charge in [-0.2, -0.15) is 5.10 Å². The van der Waals surface area contributed by atoms with E-state index in [1.165, 1.54) is 12.8 Å². The van der Waals surface area contributed by atoms with Crippen LogP contribution in [0.4, 0.5) is 5.82 Å². The predicted molar refractivity (Wildman–Crippen MR) is 72.1 cm³/mol. The van der Waals surface area contributed by atoms with Crippen LogP contribution in [0.1, 0.15) is 12.8 Å². The van der Waals surface area contributed by atoms with E-state index in [-0.39, 0.29) is 34.0 Å². The van der Waals surface area contributed by atoms with Crippen LogP contribution in [0.25, 0.3) is 0 Å². The summed E-state index contributed by atoms with van der Waals surface area (Å²) in [7, 11) is 0. The lowest BCUT2D eigenvalue weighted by Gasteiger charge is -2.23. The Morgan fingerprint density at radius 1 is 1.47 bits per heavy atom. The van der Waals surface area contributed by atoms with E-state index in [1.807, 2.05) is 12.1 Å². The molecule has 2 N–H and O–H groups in total. The lowest BCUT2D eigenvalue weighted by atomic mass is 10.2. The van der Waals surface area contributed by atoms with Gasteiger partial charge in [0, 0.05) is 25.3 Å². The highest BCUT2D eigenvalue weighted by molar-refractivity contribution is 8.93. The second-order valence-corrected chi connectivity index (χ2v) is 3.31. The van der Waals surface area contributed by atoms with Crippen molar-refractivity contribution in [2.45, 2.75) is 18.9 Å². The van der Waals surface area contributed by atoms with Crippen molar-refractivity contribution in [1.29, 1.82) is 0 Å². The first-order chi connectivity index (χ1) is 6.42. The number of hydrogen-bond donors (Lipinski definition) is 1. The topological polar surface area (TPSA) is 55.0 Å². The number of anilines is 1. The zero-order chi connectivity index (χ0) is 9.10. The normalized spacial score (nSPS) is 19.3. The number of nitrogens with zero attached hydrogens (tertiary/aromatic N) is 3. The van der Waals surface area contributed by atoms with Gasteiger partial charge in [0.2, 0.25) is 0 Å². The fourth-order valence-corrected chi connectivity index (χ4v) is 1.83. The average molecular weight is 340 g/mol. The fraction of sp³-hybridized carbons (Fsp3) is 0.556. The number of hydrogen-bond acceptors (Lipinski definition) is 4. The van der Waals surface area contributed by atoms with Crippen LogP contribution in [-0.2, 0) is 0 Å². The predicted octanol–water partition coefficient (Wildman–Crippen LogP) is 1.56. The van der Waals surface area contributed by atoms with Crippen LogP contribution in [0.5, 0.6) is 0 Å². The highest BCUT2D eigenvalue weighted by atomic mass is 79.9. The molecule has 0 radical (unpaired) electrons. The summed E-state index contributed by atoms with van der Waals surface area (Å²) in [5.41, 5.74) is 5.67. The second-order valence-electron chi connectivity index (χ2n) is 3.31. The van der Waals surface area contributed by atoms with E-state index >= 15 is 0 Å². The van der Waals surface area contributed by atoms with Crippen LogP contribution >= 0.6 is 34.0 Å². The lowest BCUT2D eigenvalue weighted by Crippen LogP contribution is -2.35. The molecule has 0 spiro atoms. The van der Waals surface area contributed by atoms with Gasteiger partial charge < -0.3 is 10.6 Å². The van der Waals surface area contributed by atoms with Crippen LogP contribution in [0, 0.1) is 0 Å². The third-order valence-corrected chi connectivity index (χ3v) is 2.50. The van der Waals surface area contributed by atoms with Crippen molar-refractivity contribution in [3.63, 3.8) is 0 Å². The van der Waals surface area contributed by atoms with E-state index < -0.39 is 0 Å². The van der Waals surface area contributed by atoms with Gasteiger partial charge >= 0.3 is 0 Å². The highest BCUT2D eigenvalue weighted by Crippen LogP contribution is 2.21. The molecule has 15 heavy (non-hydrogen) atoms. The molecular weight excluding hydrogens is 324 g/mol. The summed E-state index contributed by atoms with van der Waals surface area (Å²) in [4.78, 5) is 2.24. The van der Waals surface area contributed by atoms with E-state index in [9.17, 15) is 0 Å². The summed E-state index contributed by atoms with van der Waals surface area (Å²) in [6.07, 6.45) is 4.07. The van der Waals surface area contributed by atoms with Crippen LogP contribution in [0.3, 0.4) is 0 Å². The van der Waals surface area contributed by atoms with Crippen LogP contribution in [0.2, 0.25) is 0 Å². The Morgan fingerprint density at radius 3 is 2.87 bits per heavy atom. The molecule has 0 bridgehead atoms. The molecule has 0 aromatic carbocycles. The molecule has 1 unspecified atom stereocenters.